The maximum absolute atomic E-state index is 12.6. The number of aromatic amines is 1. The van der Waals surface area contributed by atoms with Gasteiger partial charge in [-0.15, -0.1) is 0 Å². The van der Waals surface area contributed by atoms with Gasteiger partial charge in [0.1, 0.15) is 5.69 Å². The fourth-order valence-corrected chi connectivity index (χ4v) is 2.68. The molecule has 0 spiro atoms. The molecule has 3 aromatic rings. The number of rotatable bonds is 2. The molecule has 8 heteroatoms. The van der Waals surface area contributed by atoms with Crippen LogP contribution in [-0.4, -0.2) is 19.6 Å². The number of H-pyrrole nitrogens is 1. The Morgan fingerprint density at radius 3 is 2.50 bits per heavy atom. The summed E-state index contributed by atoms with van der Waals surface area (Å²) in [5.74, 6) is 0.0152. The van der Waals surface area contributed by atoms with Crippen LogP contribution in [0.15, 0.2) is 29.2 Å². The summed E-state index contributed by atoms with van der Waals surface area (Å²) in [4.78, 5) is 20.4. The van der Waals surface area contributed by atoms with Crippen molar-refractivity contribution < 1.29 is 13.2 Å². The van der Waals surface area contributed by atoms with Crippen LogP contribution in [0.1, 0.15) is 36.7 Å². The minimum Gasteiger partial charge on any atom is -0.289 e. The topological polar surface area (TPSA) is 63.1 Å². The van der Waals surface area contributed by atoms with Gasteiger partial charge in [0.2, 0.25) is 0 Å². The highest BCUT2D eigenvalue weighted by molar-refractivity contribution is 5.63. The number of pyridine rings is 1. The van der Waals surface area contributed by atoms with Gasteiger partial charge in [-0.2, -0.15) is 13.2 Å². The van der Waals surface area contributed by atoms with Gasteiger partial charge >= 0.3 is 6.18 Å². The van der Waals surface area contributed by atoms with Gasteiger partial charge in [0, 0.05) is 29.1 Å². The van der Waals surface area contributed by atoms with Crippen molar-refractivity contribution in [2.24, 2.45) is 0 Å². The number of aromatic nitrogens is 4. The lowest BCUT2D eigenvalue weighted by Crippen LogP contribution is -2.22. The summed E-state index contributed by atoms with van der Waals surface area (Å²) in [5, 5.41) is 2.88. The maximum Gasteiger partial charge on any atom is 0.433 e. The van der Waals surface area contributed by atoms with Crippen LogP contribution in [0.25, 0.3) is 16.9 Å². The predicted molar refractivity (Wildman–Crippen MR) is 82.9 cm³/mol. The van der Waals surface area contributed by atoms with Gasteiger partial charge in [0.05, 0.1) is 5.69 Å². The number of nitrogens with one attached hydrogen (secondary N) is 1. The Morgan fingerprint density at radius 1 is 1.25 bits per heavy atom. The highest BCUT2D eigenvalue weighted by atomic mass is 19.4. The van der Waals surface area contributed by atoms with Gasteiger partial charge < -0.3 is 0 Å². The second-order valence-corrected chi connectivity index (χ2v) is 5.86. The first-order chi connectivity index (χ1) is 11.2. The highest BCUT2D eigenvalue weighted by Gasteiger charge is 2.32. The normalized spacial score (nSPS) is 12.3. The van der Waals surface area contributed by atoms with Gasteiger partial charge in [0.25, 0.3) is 5.56 Å². The van der Waals surface area contributed by atoms with Crippen molar-refractivity contribution in [3.05, 3.63) is 51.7 Å². The van der Waals surface area contributed by atoms with Crippen molar-refractivity contribution in [2.45, 2.75) is 32.9 Å². The molecule has 3 heterocycles. The van der Waals surface area contributed by atoms with Crippen LogP contribution in [0.3, 0.4) is 0 Å². The first-order valence-electron chi connectivity index (χ1n) is 7.34. The lowest BCUT2D eigenvalue weighted by atomic mass is 10.0. The summed E-state index contributed by atoms with van der Waals surface area (Å²) >= 11 is 0. The van der Waals surface area contributed by atoms with Crippen molar-refractivity contribution in [3.63, 3.8) is 0 Å². The molecule has 126 valence electrons. The lowest BCUT2D eigenvalue weighted by Gasteiger charge is -2.07. The summed E-state index contributed by atoms with van der Waals surface area (Å²) < 4.78 is 39.0. The monoisotopic (exact) mass is 336 g/mol. The minimum atomic E-state index is -4.49. The van der Waals surface area contributed by atoms with E-state index < -0.39 is 11.9 Å². The molecule has 0 aromatic carbocycles. The van der Waals surface area contributed by atoms with Gasteiger partial charge in [-0.1, -0.05) is 13.8 Å². The third-order valence-corrected chi connectivity index (χ3v) is 3.78. The summed E-state index contributed by atoms with van der Waals surface area (Å²) in [5.41, 5.74) is 1.40. The molecule has 0 radical (unpaired) electrons. The van der Waals surface area contributed by atoms with E-state index in [1.165, 1.54) is 10.6 Å². The zero-order valence-electron chi connectivity index (χ0n) is 13.3. The van der Waals surface area contributed by atoms with Gasteiger partial charge in [-0.3, -0.25) is 14.9 Å². The molecule has 5 nitrogen and oxygen atoms in total. The maximum atomic E-state index is 12.6. The van der Waals surface area contributed by atoms with E-state index in [-0.39, 0.29) is 11.5 Å². The van der Waals surface area contributed by atoms with Crippen molar-refractivity contribution in [2.75, 3.05) is 0 Å². The highest BCUT2D eigenvalue weighted by Crippen LogP contribution is 2.28. The quantitative estimate of drug-likeness (QED) is 0.779. The fraction of sp³-hybridized carbons (Fsp3) is 0.312. The SMILES string of the molecule is Cc1nc2cc(-c3ccc(C(F)(F)F)nc3)[nH]n2c(=O)c1C(C)C. The third kappa shape index (κ3) is 2.68. The van der Waals surface area contributed by atoms with E-state index in [1.807, 2.05) is 13.8 Å². The average Bonchev–Trinajstić information content (AvgIpc) is 2.90. The molecule has 0 aliphatic carbocycles. The smallest absolute Gasteiger partial charge is 0.289 e. The van der Waals surface area contributed by atoms with Crippen molar-refractivity contribution in [3.8, 4) is 11.3 Å². The number of fused-ring (bicyclic) bond motifs is 1. The number of hydrogen-bond donors (Lipinski definition) is 1. The Hall–Kier alpha value is -2.64. The van der Waals surface area contributed by atoms with E-state index >= 15 is 0 Å². The largest absolute Gasteiger partial charge is 0.433 e. The molecule has 0 amide bonds. The molecule has 3 aromatic heterocycles. The summed E-state index contributed by atoms with van der Waals surface area (Å²) in [6.45, 7) is 5.58. The average molecular weight is 336 g/mol. The van der Waals surface area contributed by atoms with Crippen LogP contribution < -0.4 is 5.56 Å². The Bertz CT molecular complexity index is 952. The van der Waals surface area contributed by atoms with Crippen molar-refractivity contribution in [1.82, 2.24) is 19.6 Å². The third-order valence-electron chi connectivity index (χ3n) is 3.78. The molecule has 0 saturated carbocycles. The predicted octanol–water partition coefficient (Wildman–Crippen LogP) is 3.54. The molecular weight excluding hydrogens is 321 g/mol. The first-order valence-corrected chi connectivity index (χ1v) is 7.34. The molecule has 0 saturated heterocycles. The fourth-order valence-electron chi connectivity index (χ4n) is 2.68. The molecule has 0 atom stereocenters. The lowest BCUT2D eigenvalue weighted by molar-refractivity contribution is -0.141. The standard InChI is InChI=1S/C16H15F3N4O/c1-8(2)14-9(3)21-13-6-11(22-23(13)15(14)24)10-4-5-12(20-7-10)16(17,18)19/h4-8,22H,1-3H3. The van der Waals surface area contributed by atoms with Crippen molar-refractivity contribution in [1.29, 1.82) is 0 Å². The van der Waals surface area contributed by atoms with Crippen LogP contribution in [-0.2, 0) is 6.18 Å². The van der Waals surface area contributed by atoms with E-state index in [1.54, 1.807) is 13.0 Å². The second kappa shape index (κ2) is 5.47. The Labute approximate surface area is 135 Å². The zero-order valence-corrected chi connectivity index (χ0v) is 13.3. The van der Waals surface area contributed by atoms with Crippen molar-refractivity contribution >= 4 is 5.65 Å². The van der Waals surface area contributed by atoms with E-state index in [4.69, 9.17) is 0 Å². The van der Waals surface area contributed by atoms with Gasteiger partial charge in [-0.25, -0.2) is 9.50 Å². The molecule has 0 aliphatic rings. The van der Waals surface area contributed by atoms with E-state index in [2.05, 4.69) is 15.1 Å². The molecule has 0 aliphatic heterocycles. The number of hydrogen-bond acceptors (Lipinski definition) is 3. The molecule has 0 bridgehead atoms. The van der Waals surface area contributed by atoms with Crippen LogP contribution in [0.4, 0.5) is 13.2 Å². The Balaban J connectivity index is 2.12. The summed E-state index contributed by atoms with van der Waals surface area (Å²) in [6.07, 6.45) is -3.37. The summed E-state index contributed by atoms with van der Waals surface area (Å²) in [6, 6.07) is 3.83. The first kappa shape index (κ1) is 16.2. The van der Waals surface area contributed by atoms with Crippen LogP contribution in [0.2, 0.25) is 0 Å². The molecule has 1 N–H and O–H groups in total. The molecular formula is C16H15F3N4O. The number of aryl methyl sites for hydroxylation is 1. The number of alkyl halides is 3. The molecule has 24 heavy (non-hydrogen) atoms. The van der Waals surface area contributed by atoms with E-state index in [0.717, 1.165) is 12.3 Å². The molecule has 3 rings (SSSR count). The van der Waals surface area contributed by atoms with Gasteiger partial charge in [-0.05, 0) is 25.0 Å². The number of nitrogens with zero attached hydrogens (tertiary/aromatic N) is 3. The van der Waals surface area contributed by atoms with Gasteiger partial charge in [0.15, 0.2) is 5.65 Å². The van der Waals surface area contributed by atoms with E-state index in [9.17, 15) is 18.0 Å². The Kier molecular flexibility index (Phi) is 3.70. The van der Waals surface area contributed by atoms with Crippen LogP contribution in [0.5, 0.6) is 0 Å². The minimum absolute atomic E-state index is 0.0152. The second-order valence-electron chi connectivity index (χ2n) is 5.86. The van der Waals surface area contributed by atoms with Crippen LogP contribution in [0, 0.1) is 6.92 Å². The molecule has 0 unspecified atom stereocenters. The Morgan fingerprint density at radius 2 is 1.96 bits per heavy atom. The van der Waals surface area contributed by atoms with E-state index in [0.29, 0.717) is 28.2 Å². The number of halogens is 3. The molecule has 0 fully saturated rings. The summed E-state index contributed by atoms with van der Waals surface area (Å²) in [7, 11) is 0. The van der Waals surface area contributed by atoms with Crippen LogP contribution >= 0.6 is 0 Å². The zero-order chi connectivity index (χ0) is 17.6.